The molecule has 122 valence electrons. The van der Waals surface area contributed by atoms with E-state index in [2.05, 4.69) is 5.32 Å². The highest BCUT2D eigenvalue weighted by Gasteiger charge is 2.61. The van der Waals surface area contributed by atoms with E-state index in [1.54, 1.807) is 0 Å². The zero-order valence-electron chi connectivity index (χ0n) is 12.8. The number of carbonyl (C=O) groups is 3. The fourth-order valence-electron chi connectivity index (χ4n) is 4.28. The summed E-state index contributed by atoms with van der Waals surface area (Å²) in [5, 5.41) is 2.92. The Morgan fingerprint density at radius 1 is 1.27 bits per heavy atom. The van der Waals surface area contributed by atoms with Crippen LogP contribution in [0.5, 0.6) is 0 Å². The molecule has 3 fully saturated rings. The fraction of sp³-hybridized carbons (Fsp3) is 0.812. The van der Waals surface area contributed by atoms with Crippen molar-refractivity contribution in [3.8, 4) is 0 Å². The summed E-state index contributed by atoms with van der Waals surface area (Å²) >= 11 is 0. The number of hydrogen-bond acceptors (Lipinski definition) is 5. The number of rotatable bonds is 5. The summed E-state index contributed by atoms with van der Waals surface area (Å²) in [4.78, 5) is 36.6. The standard InChI is InChI=1S/C16H24N2O4/c17-15(21)16-13(20)9-22-14(16)11(7-8-18-16)12(19)6-5-10-3-1-2-4-10/h10-11,14,18H,1-9H2,(H2,17,21). The number of piperidine rings is 1. The number of nitrogens with one attached hydrogen (secondary N) is 1. The summed E-state index contributed by atoms with van der Waals surface area (Å²) in [5.74, 6) is -0.718. The average molecular weight is 308 g/mol. The molecular formula is C16H24N2O4. The Morgan fingerprint density at radius 2 is 2.00 bits per heavy atom. The van der Waals surface area contributed by atoms with E-state index in [1.165, 1.54) is 25.7 Å². The smallest absolute Gasteiger partial charge is 0.248 e. The van der Waals surface area contributed by atoms with Gasteiger partial charge >= 0.3 is 0 Å². The molecule has 6 heteroatoms. The van der Waals surface area contributed by atoms with Crippen LogP contribution in [0.1, 0.15) is 44.9 Å². The van der Waals surface area contributed by atoms with Crippen molar-refractivity contribution in [1.82, 2.24) is 5.32 Å². The largest absolute Gasteiger partial charge is 0.368 e. The van der Waals surface area contributed by atoms with E-state index in [0.717, 1.165) is 6.42 Å². The topological polar surface area (TPSA) is 98.5 Å². The Labute approximate surface area is 130 Å². The second-order valence-corrected chi connectivity index (χ2v) is 6.80. The zero-order chi connectivity index (χ0) is 15.7. The number of ether oxygens (including phenoxy) is 1. The van der Waals surface area contributed by atoms with Crippen molar-refractivity contribution in [2.45, 2.75) is 56.6 Å². The van der Waals surface area contributed by atoms with Crippen molar-refractivity contribution in [2.75, 3.05) is 13.2 Å². The third-order valence-corrected chi connectivity index (χ3v) is 5.56. The Bertz CT molecular complexity index is 487. The Morgan fingerprint density at radius 3 is 2.68 bits per heavy atom. The molecule has 0 bridgehead atoms. The monoisotopic (exact) mass is 308 g/mol. The van der Waals surface area contributed by atoms with E-state index >= 15 is 0 Å². The van der Waals surface area contributed by atoms with E-state index in [1.807, 2.05) is 0 Å². The van der Waals surface area contributed by atoms with E-state index in [-0.39, 0.29) is 18.2 Å². The van der Waals surface area contributed by atoms with Gasteiger partial charge in [0.05, 0.1) is 0 Å². The van der Waals surface area contributed by atoms with Gasteiger partial charge in [-0.2, -0.15) is 0 Å². The predicted octanol–water partition coefficient (Wildman–Crippen LogP) is 0.327. The third kappa shape index (κ3) is 2.48. The first-order valence-corrected chi connectivity index (χ1v) is 8.28. The number of fused-ring (bicyclic) bond motifs is 1. The quantitative estimate of drug-likeness (QED) is 0.713. The molecule has 2 saturated heterocycles. The lowest BCUT2D eigenvalue weighted by atomic mass is 9.74. The van der Waals surface area contributed by atoms with E-state index in [0.29, 0.717) is 25.3 Å². The molecule has 3 N–H and O–H groups in total. The molecule has 0 spiro atoms. The molecule has 0 aromatic rings. The Hall–Kier alpha value is -1.27. The van der Waals surface area contributed by atoms with Crippen LogP contribution in [0.4, 0.5) is 0 Å². The number of amides is 1. The maximum Gasteiger partial charge on any atom is 0.248 e. The van der Waals surface area contributed by atoms with Crippen LogP contribution in [0.3, 0.4) is 0 Å². The summed E-state index contributed by atoms with van der Waals surface area (Å²) in [5.41, 5.74) is 3.96. The summed E-state index contributed by atoms with van der Waals surface area (Å²) in [6.07, 6.45) is 6.23. The molecule has 2 heterocycles. The fourth-order valence-corrected chi connectivity index (χ4v) is 4.28. The molecule has 0 radical (unpaired) electrons. The van der Waals surface area contributed by atoms with Crippen LogP contribution in [0.15, 0.2) is 0 Å². The molecule has 1 saturated carbocycles. The first kappa shape index (κ1) is 15.6. The van der Waals surface area contributed by atoms with Gasteiger partial charge in [0, 0.05) is 12.3 Å². The number of primary amides is 1. The molecule has 0 aromatic carbocycles. The van der Waals surface area contributed by atoms with Crippen LogP contribution in [0.25, 0.3) is 0 Å². The van der Waals surface area contributed by atoms with Gasteiger partial charge in [0.25, 0.3) is 0 Å². The van der Waals surface area contributed by atoms with Gasteiger partial charge in [-0.05, 0) is 25.3 Å². The van der Waals surface area contributed by atoms with Crippen molar-refractivity contribution >= 4 is 17.5 Å². The van der Waals surface area contributed by atoms with Gasteiger partial charge in [-0.3, -0.25) is 19.7 Å². The Balaban J connectivity index is 1.69. The maximum atomic E-state index is 12.6. The van der Waals surface area contributed by atoms with Gasteiger partial charge in [-0.1, -0.05) is 25.7 Å². The molecule has 2 aliphatic heterocycles. The van der Waals surface area contributed by atoms with Crippen LogP contribution in [-0.4, -0.2) is 42.3 Å². The first-order valence-electron chi connectivity index (χ1n) is 8.28. The van der Waals surface area contributed by atoms with Crippen LogP contribution in [-0.2, 0) is 19.1 Å². The number of ketones is 2. The van der Waals surface area contributed by atoms with Crippen molar-refractivity contribution in [1.29, 1.82) is 0 Å². The number of nitrogens with two attached hydrogens (primary N) is 1. The van der Waals surface area contributed by atoms with Gasteiger partial charge in [-0.15, -0.1) is 0 Å². The third-order valence-electron chi connectivity index (χ3n) is 5.56. The molecule has 6 nitrogen and oxygen atoms in total. The molecule has 3 aliphatic rings. The van der Waals surface area contributed by atoms with Gasteiger partial charge in [0.2, 0.25) is 5.91 Å². The zero-order valence-corrected chi connectivity index (χ0v) is 12.8. The van der Waals surface area contributed by atoms with Crippen LogP contribution in [0, 0.1) is 11.8 Å². The highest BCUT2D eigenvalue weighted by atomic mass is 16.5. The molecule has 3 atom stereocenters. The number of carbonyl (C=O) groups excluding carboxylic acids is 3. The van der Waals surface area contributed by atoms with E-state index in [4.69, 9.17) is 10.5 Å². The van der Waals surface area contributed by atoms with Gasteiger partial charge in [0.1, 0.15) is 18.5 Å². The molecule has 1 amide bonds. The lowest BCUT2D eigenvalue weighted by molar-refractivity contribution is -0.140. The van der Waals surface area contributed by atoms with Crippen molar-refractivity contribution < 1.29 is 19.1 Å². The first-order chi connectivity index (χ1) is 10.6. The van der Waals surface area contributed by atoms with Crippen LogP contribution in [0.2, 0.25) is 0 Å². The maximum absolute atomic E-state index is 12.6. The molecule has 3 unspecified atom stereocenters. The minimum Gasteiger partial charge on any atom is -0.368 e. The Kier molecular flexibility index (Phi) is 4.32. The van der Waals surface area contributed by atoms with Crippen molar-refractivity contribution in [2.24, 2.45) is 17.6 Å². The van der Waals surface area contributed by atoms with E-state index < -0.39 is 23.5 Å². The summed E-state index contributed by atoms with van der Waals surface area (Å²) in [6.45, 7) is 0.293. The van der Waals surface area contributed by atoms with Gasteiger partial charge in [0.15, 0.2) is 11.3 Å². The summed E-state index contributed by atoms with van der Waals surface area (Å²) < 4.78 is 5.51. The molecule has 22 heavy (non-hydrogen) atoms. The lowest BCUT2D eigenvalue weighted by Crippen LogP contribution is -2.70. The normalized spacial score (nSPS) is 35.5. The van der Waals surface area contributed by atoms with Crippen LogP contribution < -0.4 is 11.1 Å². The highest BCUT2D eigenvalue weighted by molar-refractivity contribution is 6.13. The highest BCUT2D eigenvalue weighted by Crippen LogP contribution is 2.36. The van der Waals surface area contributed by atoms with Gasteiger partial charge < -0.3 is 10.5 Å². The second-order valence-electron chi connectivity index (χ2n) is 6.80. The summed E-state index contributed by atoms with van der Waals surface area (Å²) in [6, 6.07) is 0. The molecule has 1 aliphatic carbocycles. The van der Waals surface area contributed by atoms with Crippen molar-refractivity contribution in [3.63, 3.8) is 0 Å². The lowest BCUT2D eigenvalue weighted by Gasteiger charge is -2.39. The molecule has 0 aromatic heterocycles. The van der Waals surface area contributed by atoms with Crippen LogP contribution >= 0.6 is 0 Å². The van der Waals surface area contributed by atoms with Gasteiger partial charge in [-0.25, -0.2) is 0 Å². The SMILES string of the molecule is NC(=O)C12NCCC(C(=O)CCC3CCCC3)C1OCC2=O. The van der Waals surface area contributed by atoms with Crippen molar-refractivity contribution in [3.05, 3.63) is 0 Å². The average Bonchev–Trinajstić information content (AvgIpc) is 3.13. The van der Waals surface area contributed by atoms with E-state index in [9.17, 15) is 14.4 Å². The second kappa shape index (κ2) is 6.08. The minimum atomic E-state index is -1.49. The predicted molar refractivity (Wildman–Crippen MR) is 79.0 cm³/mol. The number of hydrogen-bond donors (Lipinski definition) is 2. The number of Topliss-reactive ketones (excluding diaryl/α,β-unsaturated/α-hetero) is 2. The minimum absolute atomic E-state index is 0.110. The molecule has 3 rings (SSSR count). The molecular weight excluding hydrogens is 284 g/mol. The summed E-state index contributed by atoms with van der Waals surface area (Å²) in [7, 11) is 0.